The van der Waals surface area contributed by atoms with Crippen molar-refractivity contribution in [3.8, 4) is 11.5 Å². The largest absolute Gasteiger partial charge is 0.493 e. The van der Waals surface area contributed by atoms with E-state index in [2.05, 4.69) is 10.6 Å². The summed E-state index contributed by atoms with van der Waals surface area (Å²) in [7, 11) is 0.595. The molecule has 0 saturated heterocycles. The molecule has 0 saturated carbocycles. The van der Waals surface area contributed by atoms with Crippen LogP contribution in [0.1, 0.15) is 24.2 Å². The maximum atomic E-state index is 13.0. The number of sulfonamides is 1. The van der Waals surface area contributed by atoms with Gasteiger partial charge in [0.1, 0.15) is 0 Å². The maximum absolute atomic E-state index is 13.0. The van der Waals surface area contributed by atoms with E-state index in [4.69, 9.17) is 9.47 Å². The molecule has 0 heterocycles. The van der Waals surface area contributed by atoms with Gasteiger partial charge in [0.2, 0.25) is 15.9 Å². The van der Waals surface area contributed by atoms with Crippen LogP contribution in [0.2, 0.25) is 0 Å². The van der Waals surface area contributed by atoms with E-state index in [-0.39, 0.29) is 28.7 Å². The molecule has 2 aromatic carbocycles. The van der Waals surface area contributed by atoms with Gasteiger partial charge in [-0.1, -0.05) is 0 Å². The fraction of sp³-hybridized carbons (Fsp3) is 0.300. The summed E-state index contributed by atoms with van der Waals surface area (Å²) in [5.41, 5.74) is 1.30. The van der Waals surface area contributed by atoms with Crippen LogP contribution in [-0.2, 0) is 14.8 Å². The molecule has 9 nitrogen and oxygen atoms in total. The van der Waals surface area contributed by atoms with Crippen molar-refractivity contribution in [1.82, 2.24) is 0 Å². The lowest BCUT2D eigenvalue weighted by molar-refractivity contribution is -0.114. The van der Waals surface area contributed by atoms with Crippen LogP contribution in [0.3, 0.4) is 0 Å². The molecule has 2 amide bonds. The predicted octanol–water partition coefficient (Wildman–Crippen LogP) is 2.70. The molecule has 0 aromatic heterocycles. The Kier molecular flexibility index (Phi) is 7.28. The van der Waals surface area contributed by atoms with Gasteiger partial charge >= 0.3 is 0 Å². The van der Waals surface area contributed by atoms with Gasteiger partial charge in [0.25, 0.3) is 5.91 Å². The predicted molar refractivity (Wildman–Crippen MR) is 116 cm³/mol. The molecular weight excluding hydrogens is 410 g/mol. The summed E-state index contributed by atoms with van der Waals surface area (Å²) >= 11 is 0. The highest BCUT2D eigenvalue weighted by atomic mass is 32.2. The molecule has 0 fully saturated rings. The Morgan fingerprint density at radius 3 is 1.93 bits per heavy atom. The Bertz CT molecular complexity index is 1040. The standard InChI is InChI=1S/C20H25N3O6S/c1-6-30(26,27)23(3)17-12-19(29-5)18(28-4)11-16(17)20(25)22-15-9-7-14(8-10-15)21-13(2)24/h7-12H,6H2,1-5H3,(H,21,24)(H,22,25). The number of ether oxygens (including phenoxy) is 2. The highest BCUT2D eigenvalue weighted by molar-refractivity contribution is 7.92. The average molecular weight is 436 g/mol. The molecule has 2 N–H and O–H groups in total. The summed E-state index contributed by atoms with van der Waals surface area (Å²) in [6.45, 7) is 2.91. The van der Waals surface area contributed by atoms with Crippen molar-refractivity contribution in [2.45, 2.75) is 13.8 Å². The van der Waals surface area contributed by atoms with E-state index >= 15 is 0 Å². The topological polar surface area (TPSA) is 114 Å². The lowest BCUT2D eigenvalue weighted by Gasteiger charge is -2.23. The van der Waals surface area contributed by atoms with Crippen LogP contribution in [0.4, 0.5) is 17.1 Å². The van der Waals surface area contributed by atoms with Gasteiger partial charge in [0.05, 0.1) is 31.2 Å². The van der Waals surface area contributed by atoms with Crippen LogP contribution in [0.5, 0.6) is 11.5 Å². The minimum absolute atomic E-state index is 0.0955. The second-order valence-corrected chi connectivity index (χ2v) is 8.59. The van der Waals surface area contributed by atoms with E-state index in [1.54, 1.807) is 24.3 Å². The summed E-state index contributed by atoms with van der Waals surface area (Å²) in [4.78, 5) is 24.1. The third kappa shape index (κ3) is 5.20. The number of nitrogens with one attached hydrogen (secondary N) is 2. The van der Waals surface area contributed by atoms with E-state index in [1.807, 2.05) is 0 Å². The second-order valence-electron chi connectivity index (χ2n) is 6.31. The highest BCUT2D eigenvalue weighted by Crippen LogP contribution is 2.36. The number of anilines is 3. The first kappa shape index (κ1) is 23.0. The van der Waals surface area contributed by atoms with E-state index in [9.17, 15) is 18.0 Å². The van der Waals surface area contributed by atoms with Crippen LogP contribution in [-0.4, -0.2) is 47.3 Å². The molecule has 0 aliphatic rings. The Morgan fingerprint density at radius 1 is 0.967 bits per heavy atom. The van der Waals surface area contributed by atoms with Crippen LogP contribution >= 0.6 is 0 Å². The Morgan fingerprint density at radius 2 is 1.47 bits per heavy atom. The molecule has 30 heavy (non-hydrogen) atoms. The summed E-state index contributed by atoms with van der Waals surface area (Å²) in [5.74, 6) is -0.293. The number of hydrogen-bond donors (Lipinski definition) is 2. The second kappa shape index (κ2) is 9.49. The minimum atomic E-state index is -3.63. The molecular formula is C20H25N3O6S. The van der Waals surface area contributed by atoms with Crippen molar-refractivity contribution in [1.29, 1.82) is 0 Å². The number of amides is 2. The number of carbonyl (C=O) groups is 2. The highest BCUT2D eigenvalue weighted by Gasteiger charge is 2.25. The number of benzene rings is 2. The van der Waals surface area contributed by atoms with Gasteiger partial charge < -0.3 is 20.1 Å². The van der Waals surface area contributed by atoms with Crippen LogP contribution in [0, 0.1) is 0 Å². The Balaban J connectivity index is 2.45. The van der Waals surface area contributed by atoms with Crippen LogP contribution < -0.4 is 24.4 Å². The summed E-state index contributed by atoms with van der Waals surface area (Å²) in [5, 5.41) is 5.36. The first-order chi connectivity index (χ1) is 14.1. The van der Waals surface area contributed by atoms with Crippen LogP contribution in [0.25, 0.3) is 0 Å². The van der Waals surface area contributed by atoms with Gasteiger partial charge in [0, 0.05) is 31.4 Å². The van der Waals surface area contributed by atoms with Crippen molar-refractivity contribution >= 4 is 38.9 Å². The van der Waals surface area contributed by atoms with E-state index in [0.29, 0.717) is 17.1 Å². The molecule has 0 bridgehead atoms. The van der Waals surface area contributed by atoms with Gasteiger partial charge in [-0.2, -0.15) is 0 Å². The fourth-order valence-electron chi connectivity index (χ4n) is 2.69. The third-order valence-electron chi connectivity index (χ3n) is 4.33. The smallest absolute Gasteiger partial charge is 0.257 e. The lowest BCUT2D eigenvalue weighted by Crippen LogP contribution is -2.30. The van der Waals surface area contributed by atoms with Crippen molar-refractivity contribution in [2.24, 2.45) is 0 Å². The number of methoxy groups -OCH3 is 2. The zero-order valence-corrected chi connectivity index (χ0v) is 18.3. The average Bonchev–Trinajstić information content (AvgIpc) is 2.73. The number of nitrogens with zero attached hydrogens (tertiary/aromatic N) is 1. The van der Waals surface area contributed by atoms with E-state index < -0.39 is 15.9 Å². The van der Waals surface area contributed by atoms with Crippen molar-refractivity contribution in [2.75, 3.05) is 42.0 Å². The maximum Gasteiger partial charge on any atom is 0.257 e. The quantitative estimate of drug-likeness (QED) is 0.659. The summed E-state index contributed by atoms with van der Waals surface area (Å²) in [6.07, 6.45) is 0. The monoisotopic (exact) mass is 435 g/mol. The molecule has 162 valence electrons. The van der Waals surface area contributed by atoms with Gasteiger partial charge in [-0.25, -0.2) is 8.42 Å². The lowest BCUT2D eigenvalue weighted by atomic mass is 10.1. The zero-order chi connectivity index (χ0) is 22.5. The van der Waals surface area contributed by atoms with Crippen LogP contribution in [0.15, 0.2) is 36.4 Å². The molecule has 0 aliphatic carbocycles. The molecule has 0 radical (unpaired) electrons. The van der Waals surface area contributed by atoms with Crippen molar-refractivity contribution in [3.05, 3.63) is 42.0 Å². The Hall–Kier alpha value is -3.27. The van der Waals surface area contributed by atoms with Gasteiger partial charge in [0.15, 0.2) is 11.5 Å². The molecule has 0 spiro atoms. The summed E-state index contributed by atoms with van der Waals surface area (Å²) in [6, 6.07) is 9.39. The minimum Gasteiger partial charge on any atom is -0.493 e. The van der Waals surface area contributed by atoms with Gasteiger partial charge in [-0.05, 0) is 37.3 Å². The summed E-state index contributed by atoms with van der Waals surface area (Å²) < 4.78 is 36.4. The zero-order valence-electron chi connectivity index (χ0n) is 17.5. The molecule has 10 heteroatoms. The van der Waals surface area contributed by atoms with Crippen molar-refractivity contribution < 1.29 is 27.5 Å². The number of carbonyl (C=O) groups excluding carboxylic acids is 2. The van der Waals surface area contributed by atoms with Crippen molar-refractivity contribution in [3.63, 3.8) is 0 Å². The Labute approximate surface area is 176 Å². The molecule has 0 unspecified atom stereocenters. The first-order valence-corrected chi connectivity index (χ1v) is 10.7. The first-order valence-electron chi connectivity index (χ1n) is 9.04. The third-order valence-corrected chi connectivity index (χ3v) is 6.09. The molecule has 2 aromatic rings. The van der Waals surface area contributed by atoms with E-state index in [1.165, 1.54) is 47.2 Å². The SMILES string of the molecule is CCS(=O)(=O)N(C)c1cc(OC)c(OC)cc1C(=O)Nc1ccc(NC(C)=O)cc1. The van der Waals surface area contributed by atoms with Gasteiger partial charge in [-0.15, -0.1) is 0 Å². The van der Waals surface area contributed by atoms with Gasteiger partial charge in [-0.3, -0.25) is 13.9 Å². The molecule has 0 aliphatic heterocycles. The normalized spacial score (nSPS) is 10.8. The molecule has 2 rings (SSSR count). The number of hydrogen-bond acceptors (Lipinski definition) is 6. The van der Waals surface area contributed by atoms with E-state index in [0.717, 1.165) is 4.31 Å². The molecule has 0 atom stereocenters. The number of rotatable bonds is 8. The fourth-order valence-corrected chi connectivity index (χ4v) is 3.53.